The number of likely N-dealkylation sites (N-methyl/N-ethyl adjacent to an activating group) is 1. The Labute approximate surface area is 157 Å². The number of hydrogen-bond donors (Lipinski definition) is 1. The number of rotatable bonds is 6. The molecule has 0 aliphatic carbocycles. The van der Waals surface area contributed by atoms with Crippen LogP contribution in [0.25, 0.3) is 0 Å². The van der Waals surface area contributed by atoms with Crippen LogP contribution < -0.4 is 5.32 Å². The first kappa shape index (κ1) is 18.7. The highest BCUT2D eigenvalue weighted by Gasteiger charge is 2.30. The van der Waals surface area contributed by atoms with Gasteiger partial charge in [0.15, 0.2) is 5.76 Å². The minimum absolute atomic E-state index is 0.0176. The molecule has 1 aliphatic rings. The number of amides is 2. The molecule has 0 unspecified atom stereocenters. The summed E-state index contributed by atoms with van der Waals surface area (Å²) in [6.45, 7) is 1.67. The number of piperidine rings is 1. The van der Waals surface area contributed by atoms with Crippen molar-refractivity contribution in [3.05, 3.63) is 46.5 Å². The monoisotopic (exact) mass is 375 g/mol. The molecule has 1 fully saturated rings. The van der Waals surface area contributed by atoms with Gasteiger partial charge in [-0.1, -0.05) is 0 Å². The van der Waals surface area contributed by atoms with Crippen molar-refractivity contribution in [1.29, 1.82) is 0 Å². The van der Waals surface area contributed by atoms with Crippen LogP contribution in [0.2, 0.25) is 0 Å². The number of thiophene rings is 1. The number of likely N-dealkylation sites (tertiary alicyclic amines) is 1. The lowest BCUT2D eigenvalue weighted by Crippen LogP contribution is -2.46. The van der Waals surface area contributed by atoms with E-state index in [1.165, 1.54) is 11.8 Å². The van der Waals surface area contributed by atoms with Gasteiger partial charge < -0.3 is 19.5 Å². The second kappa shape index (κ2) is 8.51. The number of hydrogen-bond acceptors (Lipinski definition) is 5. The molecule has 6 nitrogen and oxygen atoms in total. The van der Waals surface area contributed by atoms with Gasteiger partial charge in [0.1, 0.15) is 0 Å². The Morgan fingerprint density at radius 2 is 2.27 bits per heavy atom. The fourth-order valence-electron chi connectivity index (χ4n) is 3.34. The van der Waals surface area contributed by atoms with Gasteiger partial charge in [0.05, 0.1) is 18.2 Å². The summed E-state index contributed by atoms with van der Waals surface area (Å²) in [5, 5.41) is 7.24. The van der Waals surface area contributed by atoms with E-state index in [0.717, 1.165) is 12.8 Å². The average Bonchev–Trinajstić information content (AvgIpc) is 3.35. The van der Waals surface area contributed by atoms with Gasteiger partial charge in [-0.3, -0.25) is 9.59 Å². The lowest BCUT2D eigenvalue weighted by atomic mass is 9.96. The molecule has 2 aromatic rings. The van der Waals surface area contributed by atoms with E-state index in [0.29, 0.717) is 25.4 Å². The number of carbonyl (C=O) groups excluding carboxylic acids is 2. The third-order valence-corrected chi connectivity index (χ3v) is 5.53. The minimum Gasteiger partial charge on any atom is -0.459 e. The molecule has 1 N–H and O–H groups in total. The highest BCUT2D eigenvalue weighted by Crippen LogP contribution is 2.22. The lowest BCUT2D eigenvalue weighted by Gasteiger charge is -2.32. The van der Waals surface area contributed by atoms with Gasteiger partial charge in [-0.2, -0.15) is 11.3 Å². The van der Waals surface area contributed by atoms with E-state index in [4.69, 9.17) is 4.42 Å². The Morgan fingerprint density at radius 1 is 1.42 bits per heavy atom. The van der Waals surface area contributed by atoms with E-state index in [2.05, 4.69) is 21.7 Å². The maximum absolute atomic E-state index is 12.7. The maximum atomic E-state index is 12.7. The first-order valence-electron chi connectivity index (χ1n) is 8.85. The number of furan rings is 1. The summed E-state index contributed by atoms with van der Waals surface area (Å²) in [5.74, 6) is 0.0325. The Hall–Kier alpha value is -2.12. The quantitative estimate of drug-likeness (QED) is 0.843. The molecule has 3 rings (SSSR count). The summed E-state index contributed by atoms with van der Waals surface area (Å²) in [7, 11) is 4.03. The zero-order valence-electron chi connectivity index (χ0n) is 15.2. The zero-order valence-corrected chi connectivity index (χ0v) is 16.0. The fraction of sp³-hybridized carbons (Fsp3) is 0.474. The molecule has 0 bridgehead atoms. The van der Waals surface area contributed by atoms with Gasteiger partial charge in [-0.25, -0.2) is 0 Å². The molecule has 1 saturated heterocycles. The Kier molecular flexibility index (Phi) is 6.11. The SMILES string of the molecule is CN(C)[C@H](CNC(=O)[C@H]1CCCN(C(=O)c2ccco2)C1)c1ccsc1. The summed E-state index contributed by atoms with van der Waals surface area (Å²) in [5.41, 5.74) is 1.21. The molecule has 0 spiro atoms. The predicted octanol–water partition coefficient (Wildman–Crippen LogP) is 2.61. The van der Waals surface area contributed by atoms with Crippen molar-refractivity contribution in [3.8, 4) is 0 Å². The number of nitrogens with zero attached hydrogens (tertiary/aromatic N) is 2. The molecule has 0 radical (unpaired) electrons. The van der Waals surface area contributed by atoms with E-state index in [9.17, 15) is 9.59 Å². The van der Waals surface area contributed by atoms with Crippen LogP contribution in [0.15, 0.2) is 39.6 Å². The second-order valence-electron chi connectivity index (χ2n) is 6.85. The number of carbonyl (C=O) groups is 2. The highest BCUT2D eigenvalue weighted by atomic mass is 32.1. The molecule has 2 aromatic heterocycles. The molecule has 26 heavy (non-hydrogen) atoms. The van der Waals surface area contributed by atoms with Gasteiger partial charge in [0.25, 0.3) is 5.91 Å². The van der Waals surface area contributed by atoms with Crippen LogP contribution in [0.1, 0.15) is 35.0 Å². The van der Waals surface area contributed by atoms with Gasteiger partial charge >= 0.3 is 0 Å². The normalized spacial score (nSPS) is 18.7. The first-order chi connectivity index (χ1) is 12.6. The molecular weight excluding hydrogens is 350 g/mol. The molecule has 7 heteroatoms. The molecule has 2 atom stereocenters. The molecule has 0 aromatic carbocycles. The Morgan fingerprint density at radius 3 is 2.92 bits per heavy atom. The van der Waals surface area contributed by atoms with E-state index in [1.807, 2.05) is 19.5 Å². The van der Waals surface area contributed by atoms with Crippen LogP contribution >= 0.6 is 11.3 Å². The van der Waals surface area contributed by atoms with E-state index in [1.54, 1.807) is 28.4 Å². The Balaban J connectivity index is 1.56. The van der Waals surface area contributed by atoms with Crippen molar-refractivity contribution in [2.75, 3.05) is 33.7 Å². The standard InChI is InChI=1S/C19H25N3O3S/c1-21(2)16(15-7-10-26-13-15)11-20-18(23)14-5-3-8-22(12-14)19(24)17-6-4-9-25-17/h4,6-7,9-10,13-14,16H,3,5,8,11-12H2,1-2H3,(H,20,23)/t14-,16+/m0/s1. The van der Waals surface area contributed by atoms with Crippen molar-refractivity contribution in [3.63, 3.8) is 0 Å². The second-order valence-corrected chi connectivity index (χ2v) is 7.63. The van der Waals surface area contributed by atoms with Crippen molar-refractivity contribution in [2.45, 2.75) is 18.9 Å². The molecule has 1 aliphatic heterocycles. The third kappa shape index (κ3) is 4.34. The number of nitrogens with one attached hydrogen (secondary N) is 1. The van der Waals surface area contributed by atoms with Crippen LogP contribution in [0.5, 0.6) is 0 Å². The van der Waals surface area contributed by atoms with Crippen LogP contribution in [-0.4, -0.2) is 55.3 Å². The van der Waals surface area contributed by atoms with Crippen LogP contribution in [0.4, 0.5) is 0 Å². The lowest BCUT2D eigenvalue weighted by molar-refractivity contribution is -0.126. The average molecular weight is 375 g/mol. The first-order valence-corrected chi connectivity index (χ1v) is 9.79. The van der Waals surface area contributed by atoms with Crippen LogP contribution in [0, 0.1) is 5.92 Å². The van der Waals surface area contributed by atoms with Gasteiger partial charge in [-0.15, -0.1) is 0 Å². The van der Waals surface area contributed by atoms with E-state index >= 15 is 0 Å². The zero-order chi connectivity index (χ0) is 18.5. The predicted molar refractivity (Wildman–Crippen MR) is 101 cm³/mol. The topological polar surface area (TPSA) is 65.8 Å². The van der Waals surface area contributed by atoms with Crippen molar-refractivity contribution in [2.24, 2.45) is 5.92 Å². The summed E-state index contributed by atoms with van der Waals surface area (Å²) in [6, 6.07) is 5.60. The molecular formula is C19H25N3O3S. The molecule has 140 valence electrons. The van der Waals surface area contributed by atoms with Crippen LogP contribution in [0.3, 0.4) is 0 Å². The van der Waals surface area contributed by atoms with E-state index in [-0.39, 0.29) is 23.8 Å². The summed E-state index contributed by atoms with van der Waals surface area (Å²) in [6.07, 6.45) is 3.12. The van der Waals surface area contributed by atoms with Crippen molar-refractivity contribution >= 4 is 23.2 Å². The van der Waals surface area contributed by atoms with Crippen molar-refractivity contribution in [1.82, 2.24) is 15.1 Å². The summed E-state index contributed by atoms with van der Waals surface area (Å²) >= 11 is 1.66. The van der Waals surface area contributed by atoms with Crippen molar-refractivity contribution < 1.29 is 14.0 Å². The smallest absolute Gasteiger partial charge is 0.289 e. The summed E-state index contributed by atoms with van der Waals surface area (Å²) in [4.78, 5) is 28.9. The van der Waals surface area contributed by atoms with Gasteiger partial charge in [-0.05, 0) is 61.5 Å². The van der Waals surface area contributed by atoms with E-state index < -0.39 is 0 Å². The minimum atomic E-state index is -0.173. The molecule has 3 heterocycles. The highest BCUT2D eigenvalue weighted by molar-refractivity contribution is 7.07. The molecule has 2 amide bonds. The molecule has 0 saturated carbocycles. The van der Waals surface area contributed by atoms with Gasteiger partial charge in [0, 0.05) is 19.6 Å². The van der Waals surface area contributed by atoms with Gasteiger partial charge in [0.2, 0.25) is 5.91 Å². The van der Waals surface area contributed by atoms with Crippen LogP contribution in [-0.2, 0) is 4.79 Å². The third-order valence-electron chi connectivity index (χ3n) is 4.83. The largest absolute Gasteiger partial charge is 0.459 e. The summed E-state index contributed by atoms with van der Waals surface area (Å²) < 4.78 is 5.19. The fourth-order valence-corrected chi connectivity index (χ4v) is 4.04. The Bertz CT molecular complexity index is 712. The maximum Gasteiger partial charge on any atom is 0.289 e.